The van der Waals surface area contributed by atoms with E-state index in [-0.39, 0.29) is 13.2 Å². The van der Waals surface area contributed by atoms with Crippen LogP contribution in [0, 0.1) is 0 Å². The van der Waals surface area contributed by atoms with Crippen molar-refractivity contribution in [3.8, 4) is 5.75 Å². The van der Waals surface area contributed by atoms with Crippen LogP contribution in [0.4, 0.5) is 0 Å². The van der Waals surface area contributed by atoms with Crippen molar-refractivity contribution in [2.24, 2.45) is 0 Å². The van der Waals surface area contributed by atoms with Gasteiger partial charge in [0.05, 0.1) is 31.5 Å². The van der Waals surface area contributed by atoms with Crippen LogP contribution in [-0.2, 0) is 15.9 Å². The molecular formula is C16H21ClN2O4. The van der Waals surface area contributed by atoms with E-state index in [0.29, 0.717) is 23.6 Å². The van der Waals surface area contributed by atoms with Crippen molar-refractivity contribution in [2.45, 2.75) is 38.1 Å². The molecule has 23 heavy (non-hydrogen) atoms. The third-order valence-electron chi connectivity index (χ3n) is 4.06. The molecule has 126 valence electrons. The fraction of sp³-hybridized carbons (Fsp3) is 0.562. The first-order valence-corrected chi connectivity index (χ1v) is 7.90. The molecule has 1 saturated heterocycles. The Labute approximate surface area is 139 Å². The molecule has 0 saturated carbocycles. The molecule has 2 aromatic rings. The average molecular weight is 341 g/mol. The zero-order chi connectivity index (χ0) is 16.7. The summed E-state index contributed by atoms with van der Waals surface area (Å²) in [5, 5.41) is 15.3. The Hall–Kier alpha value is -1.34. The quantitative estimate of drug-likeness (QED) is 0.926. The maximum absolute atomic E-state index is 10.6. The second kappa shape index (κ2) is 5.94. The summed E-state index contributed by atoms with van der Waals surface area (Å²) in [7, 11) is 1.60. The van der Waals surface area contributed by atoms with Crippen LogP contribution in [0.25, 0.3) is 5.52 Å². The summed E-state index contributed by atoms with van der Waals surface area (Å²) in [4.78, 5) is 0. The zero-order valence-electron chi connectivity index (χ0n) is 13.5. The van der Waals surface area contributed by atoms with E-state index in [1.54, 1.807) is 17.8 Å². The smallest absolute Gasteiger partial charge is 0.163 e. The van der Waals surface area contributed by atoms with Gasteiger partial charge in [0.1, 0.15) is 16.9 Å². The second-order valence-corrected chi connectivity index (χ2v) is 6.81. The van der Waals surface area contributed by atoms with E-state index in [2.05, 4.69) is 5.10 Å². The van der Waals surface area contributed by atoms with Gasteiger partial charge in [-0.3, -0.25) is 0 Å². The Bertz CT molecular complexity index is 703. The molecule has 0 amide bonds. The summed E-state index contributed by atoms with van der Waals surface area (Å²) in [6.45, 7) is 4.19. The number of methoxy groups -OCH3 is 1. The van der Waals surface area contributed by atoms with Gasteiger partial charge in [-0.1, -0.05) is 11.6 Å². The molecule has 2 aromatic heterocycles. The fourth-order valence-electron chi connectivity index (χ4n) is 2.61. The minimum atomic E-state index is -0.987. The Kier molecular flexibility index (Phi) is 4.27. The third kappa shape index (κ3) is 3.45. The minimum Gasteiger partial charge on any atom is -0.494 e. The van der Waals surface area contributed by atoms with E-state index in [9.17, 15) is 5.11 Å². The lowest BCUT2D eigenvalue weighted by Crippen LogP contribution is -2.51. The Morgan fingerprint density at radius 3 is 2.74 bits per heavy atom. The lowest BCUT2D eigenvalue weighted by atomic mass is 9.96. The molecule has 0 unspecified atom stereocenters. The highest BCUT2D eigenvalue weighted by Crippen LogP contribution is 2.30. The number of aliphatic hydroxyl groups is 1. The maximum atomic E-state index is 10.6. The molecule has 7 heteroatoms. The molecule has 3 heterocycles. The van der Waals surface area contributed by atoms with Gasteiger partial charge in [-0.2, -0.15) is 5.10 Å². The van der Waals surface area contributed by atoms with Gasteiger partial charge in [0.15, 0.2) is 5.79 Å². The molecule has 0 spiro atoms. The number of hydrogen-bond acceptors (Lipinski definition) is 5. The summed E-state index contributed by atoms with van der Waals surface area (Å²) in [6, 6.07) is 1.92. The number of hydrogen-bond donors (Lipinski definition) is 1. The Morgan fingerprint density at radius 2 is 2.09 bits per heavy atom. The minimum absolute atomic E-state index is 0.257. The lowest BCUT2D eigenvalue weighted by Gasteiger charge is -2.40. The molecule has 0 radical (unpaired) electrons. The van der Waals surface area contributed by atoms with Gasteiger partial charge >= 0.3 is 0 Å². The fourth-order valence-corrected chi connectivity index (χ4v) is 2.84. The van der Waals surface area contributed by atoms with Gasteiger partial charge in [0, 0.05) is 6.20 Å². The van der Waals surface area contributed by atoms with Crippen LogP contribution < -0.4 is 4.74 Å². The molecule has 0 aromatic carbocycles. The summed E-state index contributed by atoms with van der Waals surface area (Å²) in [5.41, 5.74) is 0.745. The highest BCUT2D eigenvalue weighted by molar-refractivity contribution is 6.34. The van der Waals surface area contributed by atoms with E-state index < -0.39 is 11.4 Å². The number of fused-ring (bicyclic) bond motifs is 1. The van der Waals surface area contributed by atoms with E-state index in [0.717, 1.165) is 11.1 Å². The van der Waals surface area contributed by atoms with Crippen molar-refractivity contribution in [1.82, 2.24) is 9.61 Å². The largest absolute Gasteiger partial charge is 0.494 e. The SMILES string of the molecule is COc1cc(CCC2(O)COC(C)(C)OC2)cn2ncc(Cl)c12. The van der Waals surface area contributed by atoms with Crippen LogP contribution in [0.15, 0.2) is 18.5 Å². The first kappa shape index (κ1) is 16.5. The zero-order valence-corrected chi connectivity index (χ0v) is 14.3. The van der Waals surface area contributed by atoms with Crippen molar-refractivity contribution in [2.75, 3.05) is 20.3 Å². The third-order valence-corrected chi connectivity index (χ3v) is 4.34. The second-order valence-electron chi connectivity index (χ2n) is 6.40. The first-order valence-electron chi connectivity index (χ1n) is 7.52. The number of aryl methyl sites for hydroxylation is 1. The van der Waals surface area contributed by atoms with Crippen molar-refractivity contribution in [3.05, 3.63) is 29.0 Å². The monoisotopic (exact) mass is 340 g/mol. The van der Waals surface area contributed by atoms with Gasteiger partial charge < -0.3 is 19.3 Å². The predicted molar refractivity (Wildman–Crippen MR) is 86.0 cm³/mol. The predicted octanol–water partition coefficient (Wildman–Crippen LogP) is 2.44. The van der Waals surface area contributed by atoms with Gasteiger partial charge in [-0.15, -0.1) is 0 Å². The molecule has 1 aliphatic rings. The topological polar surface area (TPSA) is 65.2 Å². The standard InChI is InChI=1S/C16H21ClN2O4/c1-15(2)22-9-16(20,10-23-15)5-4-11-6-13(21-3)14-12(17)7-18-19(14)8-11/h6-8,20H,4-5,9-10H2,1-3H3. The van der Waals surface area contributed by atoms with Crippen molar-refractivity contribution in [1.29, 1.82) is 0 Å². The first-order chi connectivity index (χ1) is 10.8. The van der Waals surface area contributed by atoms with Gasteiger partial charge in [-0.25, -0.2) is 4.52 Å². The molecule has 1 N–H and O–H groups in total. The summed E-state index contributed by atoms with van der Waals surface area (Å²) >= 11 is 6.12. The van der Waals surface area contributed by atoms with E-state index in [1.165, 1.54) is 0 Å². The molecule has 1 aliphatic heterocycles. The molecular weight excluding hydrogens is 320 g/mol. The number of aromatic nitrogens is 2. The summed E-state index contributed by atoms with van der Waals surface area (Å²) in [5.74, 6) is 0.0226. The van der Waals surface area contributed by atoms with Crippen LogP contribution in [-0.4, -0.2) is 46.4 Å². The van der Waals surface area contributed by atoms with E-state index in [4.69, 9.17) is 25.8 Å². The molecule has 1 fully saturated rings. The maximum Gasteiger partial charge on any atom is 0.163 e. The van der Waals surface area contributed by atoms with Crippen LogP contribution in [0.2, 0.25) is 5.02 Å². The lowest BCUT2D eigenvalue weighted by molar-refractivity contribution is -0.302. The summed E-state index contributed by atoms with van der Waals surface area (Å²) in [6.07, 6.45) is 4.64. The van der Waals surface area contributed by atoms with Crippen LogP contribution in [0.1, 0.15) is 25.8 Å². The number of nitrogens with zero attached hydrogens (tertiary/aromatic N) is 2. The van der Waals surface area contributed by atoms with Gasteiger partial charge in [-0.05, 0) is 38.3 Å². The average Bonchev–Trinajstić information content (AvgIpc) is 2.90. The molecule has 0 bridgehead atoms. The molecule has 6 nitrogen and oxygen atoms in total. The summed E-state index contributed by atoms with van der Waals surface area (Å²) < 4.78 is 18.2. The molecule has 0 aliphatic carbocycles. The molecule has 0 atom stereocenters. The van der Waals surface area contributed by atoms with Gasteiger partial charge in [0.25, 0.3) is 0 Å². The van der Waals surface area contributed by atoms with Crippen molar-refractivity contribution < 1.29 is 19.3 Å². The Morgan fingerprint density at radius 1 is 1.39 bits per heavy atom. The highest BCUT2D eigenvalue weighted by Gasteiger charge is 2.38. The van der Waals surface area contributed by atoms with Gasteiger partial charge in [0.2, 0.25) is 0 Å². The van der Waals surface area contributed by atoms with E-state index in [1.807, 2.05) is 26.1 Å². The van der Waals surface area contributed by atoms with Crippen molar-refractivity contribution >= 4 is 17.1 Å². The number of pyridine rings is 1. The number of rotatable bonds is 4. The van der Waals surface area contributed by atoms with Crippen LogP contribution in [0.5, 0.6) is 5.75 Å². The molecule has 3 rings (SSSR count). The highest BCUT2D eigenvalue weighted by atomic mass is 35.5. The number of halogens is 1. The Balaban J connectivity index is 1.75. The van der Waals surface area contributed by atoms with Crippen molar-refractivity contribution in [3.63, 3.8) is 0 Å². The number of ether oxygens (including phenoxy) is 3. The normalized spacial score (nSPS) is 19.9. The van der Waals surface area contributed by atoms with Crippen LogP contribution in [0.3, 0.4) is 0 Å². The van der Waals surface area contributed by atoms with Crippen LogP contribution >= 0.6 is 11.6 Å². The van der Waals surface area contributed by atoms with E-state index >= 15 is 0 Å².